The van der Waals surface area contributed by atoms with Gasteiger partial charge in [-0.2, -0.15) is 0 Å². The van der Waals surface area contributed by atoms with Crippen LogP contribution in [-0.2, 0) is 9.53 Å². The number of nitrogens with two attached hydrogens (primary N) is 1. The number of nitrogens with one attached hydrogen (secondary N) is 2. The van der Waals surface area contributed by atoms with Crippen LogP contribution in [-0.4, -0.2) is 31.0 Å². The number of amidine groups is 1. The zero-order chi connectivity index (χ0) is 12.6. The van der Waals surface area contributed by atoms with Gasteiger partial charge in [0.1, 0.15) is 5.54 Å². The van der Waals surface area contributed by atoms with Crippen LogP contribution in [0, 0.1) is 5.41 Å². The Morgan fingerprint density at radius 3 is 2.69 bits per heavy atom. The van der Waals surface area contributed by atoms with E-state index in [4.69, 9.17) is 11.1 Å². The molecule has 0 aromatic carbocycles. The van der Waals surface area contributed by atoms with Crippen molar-refractivity contribution in [1.82, 2.24) is 5.32 Å². The molecule has 0 aromatic heterocycles. The molecule has 0 spiro atoms. The molecule has 0 heterocycles. The smallest absolute Gasteiger partial charge is 0.325 e. The number of methoxy groups -OCH3 is 1. The molecular formula is C11H21N3O2. The van der Waals surface area contributed by atoms with E-state index in [0.29, 0.717) is 25.2 Å². The third kappa shape index (κ3) is 6.19. The van der Waals surface area contributed by atoms with Crippen molar-refractivity contribution >= 4 is 11.8 Å². The fourth-order valence-corrected chi connectivity index (χ4v) is 1.13. The van der Waals surface area contributed by atoms with Gasteiger partial charge in [0.15, 0.2) is 0 Å². The molecule has 92 valence electrons. The number of carbonyl (C=O) groups is 1. The maximum atomic E-state index is 11.2. The highest BCUT2D eigenvalue weighted by atomic mass is 16.5. The molecule has 0 unspecified atom stereocenters. The van der Waals surface area contributed by atoms with E-state index in [1.54, 1.807) is 13.8 Å². The van der Waals surface area contributed by atoms with Gasteiger partial charge in [0.25, 0.3) is 0 Å². The van der Waals surface area contributed by atoms with Gasteiger partial charge in [-0.25, -0.2) is 0 Å². The first-order chi connectivity index (χ1) is 7.40. The summed E-state index contributed by atoms with van der Waals surface area (Å²) in [6.45, 7) is 3.96. The monoisotopic (exact) mass is 227 g/mol. The Morgan fingerprint density at radius 2 is 2.19 bits per heavy atom. The lowest BCUT2D eigenvalue weighted by Gasteiger charge is -2.20. The second-order valence-electron chi connectivity index (χ2n) is 3.93. The van der Waals surface area contributed by atoms with Crippen molar-refractivity contribution in [1.29, 1.82) is 5.41 Å². The van der Waals surface area contributed by atoms with Gasteiger partial charge in [0.05, 0.1) is 12.9 Å². The minimum atomic E-state index is -0.927. The van der Waals surface area contributed by atoms with Crippen LogP contribution in [0.4, 0.5) is 0 Å². The summed E-state index contributed by atoms with van der Waals surface area (Å²) in [6.07, 6.45) is 5.09. The lowest BCUT2D eigenvalue weighted by molar-refractivity contribution is -0.146. The Bertz CT molecular complexity index is 272. The van der Waals surface area contributed by atoms with Crippen molar-refractivity contribution < 1.29 is 9.53 Å². The molecule has 16 heavy (non-hydrogen) atoms. The van der Waals surface area contributed by atoms with E-state index >= 15 is 0 Å². The van der Waals surface area contributed by atoms with E-state index in [-0.39, 0.29) is 0 Å². The second kappa shape index (κ2) is 7.00. The van der Waals surface area contributed by atoms with Crippen molar-refractivity contribution in [3.05, 3.63) is 12.2 Å². The van der Waals surface area contributed by atoms with Crippen LogP contribution in [0.5, 0.6) is 0 Å². The van der Waals surface area contributed by atoms with Gasteiger partial charge < -0.3 is 15.8 Å². The Kier molecular flexibility index (Phi) is 6.41. The Morgan fingerprint density at radius 1 is 1.56 bits per heavy atom. The van der Waals surface area contributed by atoms with E-state index in [1.165, 1.54) is 7.11 Å². The topological polar surface area (TPSA) is 88.2 Å². The SMILES string of the molecule is COC(=O)[C@@](C)(N)CC/C=C\CNC(C)=N. The van der Waals surface area contributed by atoms with Gasteiger partial charge in [-0.05, 0) is 26.7 Å². The van der Waals surface area contributed by atoms with Gasteiger partial charge in [-0.3, -0.25) is 10.2 Å². The van der Waals surface area contributed by atoms with Crippen molar-refractivity contribution in [3.63, 3.8) is 0 Å². The van der Waals surface area contributed by atoms with Gasteiger partial charge in [-0.1, -0.05) is 12.2 Å². The maximum absolute atomic E-state index is 11.2. The van der Waals surface area contributed by atoms with Crippen LogP contribution >= 0.6 is 0 Å². The first-order valence-corrected chi connectivity index (χ1v) is 5.21. The zero-order valence-electron chi connectivity index (χ0n) is 10.2. The number of hydrogen-bond acceptors (Lipinski definition) is 4. The fraction of sp³-hybridized carbons (Fsp3) is 0.636. The molecule has 0 aliphatic rings. The minimum absolute atomic E-state index is 0.394. The molecule has 0 amide bonds. The summed E-state index contributed by atoms with van der Waals surface area (Å²) in [7, 11) is 1.33. The highest BCUT2D eigenvalue weighted by Gasteiger charge is 2.27. The summed E-state index contributed by atoms with van der Waals surface area (Å²) in [5.41, 5.74) is 4.85. The van der Waals surface area contributed by atoms with Crippen molar-refractivity contribution in [2.75, 3.05) is 13.7 Å². The Hall–Kier alpha value is -1.36. The average molecular weight is 227 g/mol. The van der Waals surface area contributed by atoms with E-state index in [2.05, 4.69) is 10.1 Å². The molecule has 0 aromatic rings. The minimum Gasteiger partial charge on any atom is -0.468 e. The molecule has 0 saturated heterocycles. The summed E-state index contributed by atoms with van der Waals surface area (Å²) in [5, 5.41) is 9.98. The van der Waals surface area contributed by atoms with Crippen LogP contribution in [0.1, 0.15) is 26.7 Å². The van der Waals surface area contributed by atoms with Crippen LogP contribution < -0.4 is 11.1 Å². The fourth-order valence-electron chi connectivity index (χ4n) is 1.13. The number of allylic oxidation sites excluding steroid dienone is 1. The first kappa shape index (κ1) is 14.6. The van der Waals surface area contributed by atoms with Crippen molar-refractivity contribution in [3.8, 4) is 0 Å². The lowest BCUT2D eigenvalue weighted by Crippen LogP contribution is -2.45. The van der Waals surface area contributed by atoms with E-state index in [9.17, 15) is 4.79 Å². The highest BCUT2D eigenvalue weighted by Crippen LogP contribution is 2.10. The molecule has 0 aliphatic heterocycles. The third-order valence-corrected chi connectivity index (χ3v) is 2.13. The number of ether oxygens (including phenoxy) is 1. The standard InChI is InChI=1S/C11H21N3O2/c1-9(12)14-8-6-4-5-7-11(2,13)10(15)16-3/h4,6H,5,7-8,13H2,1-3H3,(H2,12,14)/b6-4-/t11-/m0/s1. The van der Waals surface area contributed by atoms with Gasteiger partial charge in [-0.15, -0.1) is 0 Å². The maximum Gasteiger partial charge on any atom is 0.325 e. The highest BCUT2D eigenvalue weighted by molar-refractivity contribution is 5.79. The molecular weight excluding hydrogens is 206 g/mol. The molecule has 0 bridgehead atoms. The average Bonchev–Trinajstić information content (AvgIpc) is 2.21. The largest absolute Gasteiger partial charge is 0.468 e. The summed E-state index contributed by atoms with van der Waals surface area (Å²) in [5.74, 6) is 0.0391. The Balaban J connectivity index is 3.80. The number of carbonyl (C=O) groups excluding carboxylic acids is 1. The van der Waals surface area contributed by atoms with Crippen molar-refractivity contribution in [2.45, 2.75) is 32.2 Å². The molecule has 4 N–H and O–H groups in total. The summed E-state index contributed by atoms with van der Waals surface area (Å²) < 4.78 is 4.60. The van der Waals surface area contributed by atoms with Gasteiger partial charge in [0, 0.05) is 6.54 Å². The quantitative estimate of drug-likeness (QED) is 0.271. The lowest BCUT2D eigenvalue weighted by atomic mass is 9.97. The molecule has 0 aliphatic carbocycles. The molecule has 0 saturated carbocycles. The van der Waals surface area contributed by atoms with Gasteiger partial charge >= 0.3 is 5.97 Å². The summed E-state index contributed by atoms with van der Waals surface area (Å²) >= 11 is 0. The van der Waals surface area contributed by atoms with Crippen LogP contribution in [0.3, 0.4) is 0 Å². The third-order valence-electron chi connectivity index (χ3n) is 2.13. The predicted octanol–water partition coefficient (Wildman–Crippen LogP) is 0.800. The van der Waals surface area contributed by atoms with E-state index in [1.807, 2.05) is 12.2 Å². The number of hydrogen-bond donors (Lipinski definition) is 3. The van der Waals surface area contributed by atoms with E-state index < -0.39 is 11.5 Å². The molecule has 0 radical (unpaired) electrons. The van der Waals surface area contributed by atoms with Crippen molar-refractivity contribution in [2.24, 2.45) is 5.73 Å². The van der Waals surface area contributed by atoms with Gasteiger partial charge in [0.2, 0.25) is 0 Å². The normalized spacial score (nSPS) is 14.5. The van der Waals surface area contributed by atoms with Crippen LogP contribution in [0.2, 0.25) is 0 Å². The molecule has 0 rings (SSSR count). The van der Waals surface area contributed by atoms with Crippen LogP contribution in [0.25, 0.3) is 0 Å². The second-order valence-corrected chi connectivity index (χ2v) is 3.93. The first-order valence-electron chi connectivity index (χ1n) is 5.21. The van der Waals surface area contributed by atoms with Crippen LogP contribution in [0.15, 0.2) is 12.2 Å². The zero-order valence-corrected chi connectivity index (χ0v) is 10.2. The number of rotatable bonds is 6. The molecule has 0 fully saturated rings. The number of esters is 1. The Labute approximate surface area is 96.5 Å². The molecule has 5 nitrogen and oxygen atoms in total. The molecule has 1 atom stereocenters. The molecule has 5 heteroatoms. The predicted molar refractivity (Wildman–Crippen MR) is 64.4 cm³/mol. The summed E-state index contributed by atoms with van der Waals surface area (Å²) in [4.78, 5) is 11.2. The summed E-state index contributed by atoms with van der Waals surface area (Å²) in [6, 6.07) is 0. The van der Waals surface area contributed by atoms with E-state index in [0.717, 1.165) is 0 Å².